The zero-order valence-corrected chi connectivity index (χ0v) is 16.2. The largest absolute Gasteiger partial charge is 0.388 e. The standard InChI is InChI=1S/C20H27NO3S/c1-14-10-18(16(3)21(14)15(2)11-24-4)20(23)13-25-12-19(22)17-8-6-5-7-9-17/h5-10,15,19,22H,11-13H2,1-4H3. The number of methoxy groups -OCH3 is 1. The van der Waals surface area contributed by atoms with Gasteiger partial charge in [0.2, 0.25) is 0 Å². The summed E-state index contributed by atoms with van der Waals surface area (Å²) in [6.45, 7) is 6.70. The van der Waals surface area contributed by atoms with Crippen molar-refractivity contribution in [3.8, 4) is 0 Å². The maximum absolute atomic E-state index is 12.6. The molecular formula is C20H27NO3S. The first kappa shape index (κ1) is 19.8. The average molecular weight is 362 g/mol. The van der Waals surface area contributed by atoms with E-state index >= 15 is 0 Å². The molecule has 1 N–H and O–H groups in total. The lowest BCUT2D eigenvalue weighted by atomic mass is 10.1. The second kappa shape index (κ2) is 9.22. The third-order valence-electron chi connectivity index (χ3n) is 4.33. The van der Waals surface area contributed by atoms with E-state index in [1.54, 1.807) is 7.11 Å². The van der Waals surface area contributed by atoms with Gasteiger partial charge in [-0.15, -0.1) is 0 Å². The van der Waals surface area contributed by atoms with Crippen molar-refractivity contribution in [1.29, 1.82) is 0 Å². The molecule has 0 aliphatic rings. The summed E-state index contributed by atoms with van der Waals surface area (Å²) in [5, 5.41) is 10.2. The van der Waals surface area contributed by atoms with E-state index in [2.05, 4.69) is 11.5 Å². The number of thioether (sulfide) groups is 1. The number of rotatable bonds is 9. The van der Waals surface area contributed by atoms with E-state index in [0.29, 0.717) is 18.1 Å². The summed E-state index contributed by atoms with van der Waals surface area (Å²) in [4.78, 5) is 12.6. The number of benzene rings is 1. The van der Waals surface area contributed by atoms with Crippen molar-refractivity contribution >= 4 is 17.5 Å². The second-order valence-electron chi connectivity index (χ2n) is 6.32. The van der Waals surface area contributed by atoms with Gasteiger partial charge in [0.15, 0.2) is 5.78 Å². The molecule has 0 bridgehead atoms. The molecule has 1 heterocycles. The molecule has 0 saturated heterocycles. The summed E-state index contributed by atoms with van der Waals surface area (Å²) in [5.74, 6) is 0.982. The molecule has 2 atom stereocenters. The van der Waals surface area contributed by atoms with Gasteiger partial charge in [0.05, 0.1) is 24.5 Å². The van der Waals surface area contributed by atoms with E-state index in [9.17, 15) is 9.90 Å². The molecule has 0 aliphatic carbocycles. The number of Topliss-reactive ketones (excluding diaryl/α,β-unsaturated/α-hetero) is 1. The third kappa shape index (κ3) is 4.97. The molecule has 0 amide bonds. The van der Waals surface area contributed by atoms with Crippen LogP contribution in [0.25, 0.3) is 0 Å². The molecule has 2 aromatic rings. The Balaban J connectivity index is 1.96. The molecule has 25 heavy (non-hydrogen) atoms. The van der Waals surface area contributed by atoms with Gasteiger partial charge in [0, 0.05) is 29.8 Å². The van der Waals surface area contributed by atoms with Crippen molar-refractivity contribution in [2.24, 2.45) is 0 Å². The predicted molar refractivity (Wildman–Crippen MR) is 104 cm³/mol. The average Bonchev–Trinajstić information content (AvgIpc) is 2.90. The molecule has 0 fully saturated rings. The number of aliphatic hydroxyl groups excluding tert-OH is 1. The number of aromatic nitrogens is 1. The second-order valence-corrected chi connectivity index (χ2v) is 7.35. The first-order valence-electron chi connectivity index (χ1n) is 8.47. The fourth-order valence-electron chi connectivity index (χ4n) is 3.17. The highest BCUT2D eigenvalue weighted by molar-refractivity contribution is 8.00. The SMILES string of the molecule is COCC(C)n1c(C)cc(C(=O)CSCC(O)c2ccccc2)c1C. The molecule has 1 aromatic carbocycles. The highest BCUT2D eigenvalue weighted by Crippen LogP contribution is 2.23. The van der Waals surface area contributed by atoms with Crippen LogP contribution in [0, 0.1) is 13.8 Å². The van der Waals surface area contributed by atoms with Gasteiger partial charge < -0.3 is 14.4 Å². The highest BCUT2D eigenvalue weighted by Gasteiger charge is 2.19. The van der Waals surface area contributed by atoms with Gasteiger partial charge in [-0.1, -0.05) is 30.3 Å². The molecule has 2 rings (SSSR count). The molecule has 0 spiro atoms. The Morgan fingerprint density at radius 2 is 1.96 bits per heavy atom. The van der Waals surface area contributed by atoms with Gasteiger partial charge in [-0.25, -0.2) is 0 Å². The quantitative estimate of drug-likeness (QED) is 0.687. The number of ketones is 1. The van der Waals surface area contributed by atoms with Crippen LogP contribution in [0.4, 0.5) is 0 Å². The molecule has 5 heteroatoms. The normalized spacial score (nSPS) is 13.6. The topological polar surface area (TPSA) is 51.5 Å². The van der Waals surface area contributed by atoms with Gasteiger partial charge in [0.1, 0.15) is 0 Å². The monoisotopic (exact) mass is 361 g/mol. The van der Waals surface area contributed by atoms with Crippen molar-refractivity contribution in [1.82, 2.24) is 4.57 Å². The minimum Gasteiger partial charge on any atom is -0.388 e. The molecule has 4 nitrogen and oxygen atoms in total. The zero-order valence-electron chi connectivity index (χ0n) is 15.4. The van der Waals surface area contributed by atoms with E-state index in [0.717, 1.165) is 22.5 Å². The van der Waals surface area contributed by atoms with Crippen LogP contribution in [-0.2, 0) is 4.74 Å². The summed E-state index contributed by atoms with van der Waals surface area (Å²) < 4.78 is 7.39. The number of aliphatic hydroxyl groups is 1. The van der Waals surface area contributed by atoms with E-state index in [-0.39, 0.29) is 11.8 Å². The Labute approximate surface area is 154 Å². The van der Waals surface area contributed by atoms with Crippen LogP contribution < -0.4 is 0 Å². The molecule has 0 radical (unpaired) electrons. The van der Waals surface area contributed by atoms with Crippen LogP contribution in [0.15, 0.2) is 36.4 Å². The number of ether oxygens (including phenoxy) is 1. The summed E-state index contributed by atoms with van der Waals surface area (Å²) in [5.41, 5.74) is 3.70. The molecule has 2 unspecified atom stereocenters. The van der Waals surface area contributed by atoms with Gasteiger partial charge in [-0.05, 0) is 32.4 Å². The Kier molecular flexibility index (Phi) is 7.29. The number of aryl methyl sites for hydroxylation is 1. The molecule has 136 valence electrons. The molecule has 0 saturated carbocycles. The number of hydrogen-bond donors (Lipinski definition) is 1. The van der Waals surface area contributed by atoms with Gasteiger partial charge in [-0.3, -0.25) is 4.79 Å². The van der Waals surface area contributed by atoms with Crippen LogP contribution in [0.5, 0.6) is 0 Å². The van der Waals surface area contributed by atoms with Crippen molar-refractivity contribution in [2.45, 2.75) is 32.9 Å². The van der Waals surface area contributed by atoms with Crippen LogP contribution in [0.2, 0.25) is 0 Å². The van der Waals surface area contributed by atoms with Crippen LogP contribution >= 0.6 is 11.8 Å². The Morgan fingerprint density at radius 3 is 2.60 bits per heavy atom. The zero-order chi connectivity index (χ0) is 18.4. The summed E-state index contributed by atoms with van der Waals surface area (Å²) in [6, 6.07) is 11.7. The summed E-state index contributed by atoms with van der Waals surface area (Å²) >= 11 is 1.47. The Bertz CT molecular complexity index is 696. The van der Waals surface area contributed by atoms with E-state index < -0.39 is 6.10 Å². The van der Waals surface area contributed by atoms with Gasteiger partial charge in [-0.2, -0.15) is 11.8 Å². The number of carbonyl (C=O) groups is 1. The Hall–Kier alpha value is -1.56. The first-order chi connectivity index (χ1) is 12.0. The maximum atomic E-state index is 12.6. The third-order valence-corrected chi connectivity index (χ3v) is 5.34. The van der Waals surface area contributed by atoms with Crippen molar-refractivity contribution < 1.29 is 14.6 Å². The van der Waals surface area contributed by atoms with Crippen LogP contribution in [0.3, 0.4) is 0 Å². The lowest BCUT2D eigenvalue weighted by Crippen LogP contribution is -2.15. The number of nitrogens with zero attached hydrogens (tertiary/aromatic N) is 1. The fraction of sp³-hybridized carbons (Fsp3) is 0.450. The van der Waals surface area contributed by atoms with Gasteiger partial charge >= 0.3 is 0 Å². The van der Waals surface area contributed by atoms with E-state index in [1.165, 1.54) is 11.8 Å². The summed E-state index contributed by atoms with van der Waals surface area (Å²) in [7, 11) is 1.69. The van der Waals surface area contributed by atoms with Crippen molar-refractivity contribution in [3.05, 3.63) is 58.9 Å². The van der Waals surface area contributed by atoms with E-state index in [4.69, 9.17) is 4.74 Å². The maximum Gasteiger partial charge on any atom is 0.174 e. The molecule has 1 aromatic heterocycles. The smallest absolute Gasteiger partial charge is 0.174 e. The van der Waals surface area contributed by atoms with Gasteiger partial charge in [0.25, 0.3) is 0 Å². The summed E-state index contributed by atoms with van der Waals surface area (Å²) in [6.07, 6.45) is -0.548. The molecule has 0 aliphatic heterocycles. The van der Waals surface area contributed by atoms with Crippen LogP contribution in [-0.4, -0.2) is 40.7 Å². The molecular weight excluding hydrogens is 334 g/mol. The first-order valence-corrected chi connectivity index (χ1v) is 9.62. The Morgan fingerprint density at radius 1 is 1.28 bits per heavy atom. The number of hydrogen-bond acceptors (Lipinski definition) is 4. The predicted octanol–water partition coefficient (Wildman–Crippen LogP) is 3.96. The minimum absolute atomic E-state index is 0.106. The van der Waals surface area contributed by atoms with Crippen LogP contribution in [0.1, 0.15) is 46.4 Å². The lowest BCUT2D eigenvalue weighted by Gasteiger charge is -2.17. The minimum atomic E-state index is -0.548. The van der Waals surface area contributed by atoms with Crippen molar-refractivity contribution in [3.63, 3.8) is 0 Å². The van der Waals surface area contributed by atoms with Crippen molar-refractivity contribution in [2.75, 3.05) is 25.2 Å². The number of carbonyl (C=O) groups excluding carboxylic acids is 1. The highest BCUT2D eigenvalue weighted by atomic mass is 32.2. The fourth-order valence-corrected chi connectivity index (χ4v) is 4.04. The van der Waals surface area contributed by atoms with E-state index in [1.807, 2.05) is 50.2 Å². The lowest BCUT2D eigenvalue weighted by molar-refractivity contribution is 0.102.